The van der Waals surface area contributed by atoms with Crippen LogP contribution >= 0.6 is 15.9 Å². The second kappa shape index (κ2) is 20.7. The lowest BCUT2D eigenvalue weighted by molar-refractivity contribution is 0.112. The maximum absolute atomic E-state index is 10.1. The number of rotatable bonds is 10. The molecule has 5 aromatic carbocycles. The average Bonchev–Trinajstić information content (AvgIpc) is 3.10. The van der Waals surface area contributed by atoms with Crippen molar-refractivity contribution in [1.29, 1.82) is 0 Å². The highest BCUT2D eigenvalue weighted by molar-refractivity contribution is 9.10. The van der Waals surface area contributed by atoms with Gasteiger partial charge in [0.1, 0.15) is 6.29 Å². The Hall–Kier alpha value is -4.69. The molecule has 0 fully saturated rings. The number of aldehydes is 1. The van der Waals surface area contributed by atoms with E-state index in [2.05, 4.69) is 116 Å². The van der Waals surface area contributed by atoms with E-state index in [0.717, 1.165) is 48.3 Å². The van der Waals surface area contributed by atoms with Crippen molar-refractivity contribution in [2.45, 2.75) is 47.5 Å². The Morgan fingerprint density at radius 2 is 0.940 bits per heavy atom. The lowest BCUT2D eigenvalue weighted by Gasteiger charge is -2.27. The molecule has 0 amide bonds. The number of nitrogens with zero attached hydrogens (tertiary/aromatic N) is 2. The zero-order chi connectivity index (χ0) is 35.9. The summed E-state index contributed by atoms with van der Waals surface area (Å²) in [6.07, 6.45) is 0.791. The van der Waals surface area contributed by atoms with Crippen LogP contribution in [0.15, 0.2) is 114 Å². The summed E-state index contributed by atoms with van der Waals surface area (Å²) in [5, 5.41) is 0. The molecule has 0 saturated carbocycles. The van der Waals surface area contributed by atoms with E-state index < -0.39 is 0 Å². The third kappa shape index (κ3) is 11.7. The van der Waals surface area contributed by atoms with E-state index in [9.17, 15) is 4.79 Å². The number of carbonyl (C=O) groups excluding carboxylic acids is 1. The number of nitrogen functional groups attached to an aromatic ring is 3. The van der Waals surface area contributed by atoms with Crippen molar-refractivity contribution in [2.75, 3.05) is 53.2 Å². The first-order valence-corrected chi connectivity index (χ1v) is 17.7. The van der Waals surface area contributed by atoms with Gasteiger partial charge in [0.2, 0.25) is 0 Å². The van der Waals surface area contributed by atoms with E-state index in [0.29, 0.717) is 11.3 Å². The van der Waals surface area contributed by atoms with E-state index in [1.54, 1.807) is 24.3 Å². The fourth-order valence-electron chi connectivity index (χ4n) is 5.79. The zero-order valence-corrected chi connectivity index (χ0v) is 32.0. The van der Waals surface area contributed by atoms with E-state index in [-0.39, 0.29) is 14.3 Å². The molecular formula is C42H52BBrN5O. The monoisotopic (exact) mass is 732 g/mol. The molecule has 0 aliphatic heterocycles. The molecule has 0 unspecified atom stereocenters. The Bertz CT molecular complexity index is 1650. The molecule has 0 bridgehead atoms. The maximum Gasteiger partial charge on any atom is 0.150 e. The first-order valence-electron chi connectivity index (χ1n) is 16.9. The normalized spacial score (nSPS) is 10.2. The van der Waals surface area contributed by atoms with Crippen molar-refractivity contribution in [2.24, 2.45) is 0 Å². The van der Waals surface area contributed by atoms with E-state index in [4.69, 9.17) is 17.2 Å². The molecule has 6 N–H and O–H groups in total. The van der Waals surface area contributed by atoms with Gasteiger partial charge in [-0.05, 0) is 154 Å². The summed E-state index contributed by atoms with van der Waals surface area (Å²) < 4.78 is 1.06. The molecule has 0 aliphatic carbocycles. The molecule has 50 heavy (non-hydrogen) atoms. The highest BCUT2D eigenvalue weighted by Gasteiger charge is 2.22. The first kappa shape index (κ1) is 41.5. The van der Waals surface area contributed by atoms with Gasteiger partial charge in [-0.1, -0.05) is 40.2 Å². The summed E-state index contributed by atoms with van der Waals surface area (Å²) in [5.41, 5.74) is 28.9. The Balaban J connectivity index is 0.000000391. The zero-order valence-electron chi connectivity index (χ0n) is 30.4. The van der Waals surface area contributed by atoms with Gasteiger partial charge in [0, 0.05) is 79.0 Å². The van der Waals surface area contributed by atoms with Crippen LogP contribution in [0, 0.1) is 13.8 Å². The number of hydrogen-bond acceptors (Lipinski definition) is 6. The molecule has 3 radical (unpaired) electrons. The van der Waals surface area contributed by atoms with Crippen LogP contribution in [0.1, 0.15) is 71.8 Å². The molecule has 8 heteroatoms. The molecule has 0 atom stereocenters. The molecule has 0 aliphatic rings. The molecular weight excluding hydrogens is 681 g/mol. The van der Waals surface area contributed by atoms with Crippen molar-refractivity contribution in [3.8, 4) is 0 Å². The van der Waals surface area contributed by atoms with Gasteiger partial charge in [0.15, 0.2) is 0 Å². The lowest BCUT2D eigenvalue weighted by Crippen LogP contribution is -2.22. The van der Waals surface area contributed by atoms with Crippen LogP contribution in [-0.4, -0.2) is 40.9 Å². The third-order valence-corrected chi connectivity index (χ3v) is 9.13. The first-order chi connectivity index (χ1) is 23.5. The Morgan fingerprint density at radius 1 is 0.580 bits per heavy atom. The smallest absolute Gasteiger partial charge is 0.150 e. The standard InChI is InChI=1S/C29H39N3.C7H7NO.C6H6BrN.B/c1-7-31(8-2)25-15-17-27(21(5)19-25)29(23-11-13-24(30)14-12-23)28-18-16-26(20-22(28)6)32(9-3)10-4;8-7-3-1-6(5-9)2-4-7;7-5-1-3-6(8)4-2-5;/h11-20,29H,7-10,30H2,1-6H3;1-5H,8H2;1-4H,8H2;. The predicted molar refractivity (Wildman–Crippen MR) is 222 cm³/mol. The number of halogens is 1. The average molecular weight is 734 g/mol. The van der Waals surface area contributed by atoms with Gasteiger partial charge in [-0.3, -0.25) is 4.79 Å². The maximum atomic E-state index is 10.1. The minimum Gasteiger partial charge on any atom is -0.399 e. The van der Waals surface area contributed by atoms with Gasteiger partial charge >= 0.3 is 0 Å². The molecule has 0 aromatic heterocycles. The Kier molecular flexibility index (Phi) is 17.2. The summed E-state index contributed by atoms with van der Waals surface area (Å²) >= 11 is 3.29. The minimum atomic E-state index is 0. The fourth-order valence-corrected chi connectivity index (χ4v) is 6.06. The van der Waals surface area contributed by atoms with Crippen LogP contribution in [-0.2, 0) is 0 Å². The van der Waals surface area contributed by atoms with Crippen LogP contribution in [0.3, 0.4) is 0 Å². The number of nitrogens with two attached hydrogens (primary N) is 3. The number of benzene rings is 5. The minimum absolute atomic E-state index is 0. The van der Waals surface area contributed by atoms with Gasteiger partial charge in [0.05, 0.1) is 0 Å². The van der Waals surface area contributed by atoms with Gasteiger partial charge < -0.3 is 27.0 Å². The highest BCUT2D eigenvalue weighted by Crippen LogP contribution is 2.38. The molecule has 6 nitrogen and oxygen atoms in total. The molecule has 261 valence electrons. The van der Waals surface area contributed by atoms with Crippen molar-refractivity contribution in [3.05, 3.63) is 147 Å². The van der Waals surface area contributed by atoms with Gasteiger partial charge in [0.25, 0.3) is 0 Å². The molecule has 0 saturated heterocycles. The SMILES string of the molecule is CCN(CC)c1ccc(C(c2ccc(N)cc2)c2ccc(N(CC)CC)cc2C)c(C)c1.Nc1ccc(Br)cc1.Nc1ccc(C=O)cc1.[B]. The molecule has 5 aromatic rings. The highest BCUT2D eigenvalue weighted by atomic mass is 79.9. The predicted octanol–water partition coefficient (Wildman–Crippen LogP) is 9.49. The lowest BCUT2D eigenvalue weighted by atomic mass is 9.81. The Morgan fingerprint density at radius 3 is 1.26 bits per heavy atom. The summed E-state index contributed by atoms with van der Waals surface area (Å²) in [4.78, 5) is 14.9. The number of aryl methyl sites for hydroxylation is 2. The second-order valence-electron chi connectivity index (χ2n) is 11.9. The summed E-state index contributed by atoms with van der Waals surface area (Å²) in [5.74, 6) is 0.173. The summed E-state index contributed by atoms with van der Waals surface area (Å²) in [6.45, 7) is 17.4. The number of carbonyl (C=O) groups is 1. The Labute approximate surface area is 310 Å². The van der Waals surface area contributed by atoms with Crippen molar-refractivity contribution in [3.63, 3.8) is 0 Å². The van der Waals surface area contributed by atoms with E-state index in [1.165, 1.54) is 39.2 Å². The van der Waals surface area contributed by atoms with Crippen LogP contribution in [0.2, 0.25) is 0 Å². The van der Waals surface area contributed by atoms with Gasteiger partial charge in [-0.15, -0.1) is 0 Å². The molecule has 0 heterocycles. The summed E-state index contributed by atoms with van der Waals surface area (Å²) in [7, 11) is 0. The number of hydrogen-bond donors (Lipinski definition) is 3. The molecule has 0 spiro atoms. The van der Waals surface area contributed by atoms with Gasteiger partial charge in [-0.25, -0.2) is 0 Å². The van der Waals surface area contributed by atoms with Gasteiger partial charge in [-0.2, -0.15) is 0 Å². The van der Waals surface area contributed by atoms with E-state index >= 15 is 0 Å². The van der Waals surface area contributed by atoms with Crippen LogP contribution in [0.25, 0.3) is 0 Å². The summed E-state index contributed by atoms with van der Waals surface area (Å²) in [6, 6.07) is 36.5. The molecule has 5 rings (SSSR count). The topological polar surface area (TPSA) is 102 Å². The van der Waals surface area contributed by atoms with E-state index in [1.807, 2.05) is 36.4 Å². The third-order valence-electron chi connectivity index (χ3n) is 8.60. The van der Waals surface area contributed by atoms with Crippen molar-refractivity contribution >= 4 is 59.1 Å². The van der Waals surface area contributed by atoms with Crippen molar-refractivity contribution < 1.29 is 4.79 Å². The quantitative estimate of drug-likeness (QED) is 0.0572. The second-order valence-corrected chi connectivity index (χ2v) is 12.8. The van der Waals surface area contributed by atoms with Crippen LogP contribution in [0.5, 0.6) is 0 Å². The van der Waals surface area contributed by atoms with Crippen molar-refractivity contribution in [1.82, 2.24) is 0 Å². The van der Waals surface area contributed by atoms with Crippen LogP contribution in [0.4, 0.5) is 28.4 Å². The fraction of sp³-hybridized carbons (Fsp3) is 0.262. The largest absolute Gasteiger partial charge is 0.399 e. The number of anilines is 5. The van der Waals surface area contributed by atoms with Crippen LogP contribution < -0.4 is 27.0 Å².